The van der Waals surface area contributed by atoms with E-state index in [1.165, 1.54) is 167 Å². The lowest BCUT2D eigenvalue weighted by Gasteiger charge is -2.39. The Morgan fingerprint density at radius 2 is 0.857 bits per heavy atom. The number of unbranched alkanes of at least 4 members (excludes halogenated alkanes) is 30. The van der Waals surface area contributed by atoms with Crippen LogP contribution in [0, 0.1) is 0 Å². The van der Waals surface area contributed by atoms with Crippen LogP contribution in [0.1, 0.15) is 245 Å². The molecule has 63 heavy (non-hydrogen) atoms. The highest BCUT2D eigenvalue weighted by Gasteiger charge is 2.44. The fourth-order valence-electron chi connectivity index (χ4n) is 8.13. The fourth-order valence-corrected chi connectivity index (χ4v) is 8.13. The summed E-state index contributed by atoms with van der Waals surface area (Å²) in [4.78, 5) is 25.4. The molecule has 1 rings (SSSR count). The summed E-state index contributed by atoms with van der Waals surface area (Å²) >= 11 is 0. The number of carbonyl (C=O) groups excluding carboxylic acids is 2. The van der Waals surface area contributed by atoms with Crippen LogP contribution in [0.15, 0.2) is 24.3 Å². The minimum Gasteiger partial charge on any atom is -0.462 e. The quantitative estimate of drug-likeness (QED) is 0.0264. The molecule has 370 valence electrons. The Morgan fingerprint density at radius 3 is 1.29 bits per heavy atom. The van der Waals surface area contributed by atoms with Gasteiger partial charge in [-0.1, -0.05) is 199 Å². The molecule has 0 aliphatic carbocycles. The molecule has 0 saturated carbocycles. The zero-order valence-electron chi connectivity index (χ0n) is 40.6. The largest absolute Gasteiger partial charge is 0.462 e. The standard InChI is InChI=1S/C53H98O10/c1-3-5-7-9-11-13-15-17-19-20-21-22-23-24-25-26-28-30-32-34-36-38-40-42-49(56)62-46(45-61-53-52(59)51(58)50(57)47(43-54)63-53)44-60-48(55)41-39-37-35-33-31-29-27-18-16-14-12-10-8-6-4-2/h29,31,34,36,46-47,50-54,57-59H,3-28,30,32-33,35,37-45H2,1-2H3/b31-29+,36-34+/t46-,47-,50+,51?,52?,53-/m1/s1. The Labute approximate surface area is 385 Å². The molecule has 10 heteroatoms. The molecule has 0 aromatic rings. The lowest BCUT2D eigenvalue weighted by atomic mass is 9.99. The monoisotopic (exact) mass is 895 g/mol. The van der Waals surface area contributed by atoms with Crippen molar-refractivity contribution in [3.63, 3.8) is 0 Å². The zero-order valence-corrected chi connectivity index (χ0v) is 40.6. The third-order valence-corrected chi connectivity index (χ3v) is 12.3. The number of hydrogen-bond donors (Lipinski definition) is 4. The van der Waals surface area contributed by atoms with Crippen LogP contribution in [0.2, 0.25) is 0 Å². The molecule has 1 saturated heterocycles. The molecule has 1 aliphatic heterocycles. The van der Waals surface area contributed by atoms with Crippen LogP contribution in [0.3, 0.4) is 0 Å². The summed E-state index contributed by atoms with van der Waals surface area (Å²) < 4.78 is 22.2. The molecule has 0 spiro atoms. The van der Waals surface area contributed by atoms with Gasteiger partial charge in [-0.15, -0.1) is 0 Å². The maximum atomic E-state index is 12.8. The summed E-state index contributed by atoms with van der Waals surface area (Å²) in [6.45, 7) is 3.42. The minimum atomic E-state index is -1.60. The molecule has 6 atom stereocenters. The molecule has 4 N–H and O–H groups in total. The van der Waals surface area contributed by atoms with Crippen molar-refractivity contribution < 1.29 is 49.0 Å². The van der Waals surface area contributed by atoms with E-state index in [0.29, 0.717) is 12.8 Å². The van der Waals surface area contributed by atoms with Gasteiger partial charge in [-0.25, -0.2) is 0 Å². The van der Waals surface area contributed by atoms with E-state index < -0.39 is 55.4 Å². The van der Waals surface area contributed by atoms with Crippen molar-refractivity contribution in [2.24, 2.45) is 0 Å². The van der Waals surface area contributed by atoms with Crippen molar-refractivity contribution in [1.29, 1.82) is 0 Å². The first-order valence-electron chi connectivity index (χ1n) is 26.4. The van der Waals surface area contributed by atoms with Gasteiger partial charge in [0.2, 0.25) is 0 Å². The van der Waals surface area contributed by atoms with E-state index in [1.807, 2.05) is 0 Å². The van der Waals surface area contributed by atoms with Crippen LogP contribution in [-0.2, 0) is 28.5 Å². The maximum absolute atomic E-state index is 12.8. The number of ether oxygens (including phenoxy) is 4. The molecule has 10 nitrogen and oxygen atoms in total. The van der Waals surface area contributed by atoms with Crippen molar-refractivity contribution in [3.8, 4) is 0 Å². The van der Waals surface area contributed by atoms with E-state index in [-0.39, 0.29) is 26.1 Å². The van der Waals surface area contributed by atoms with Crippen LogP contribution in [-0.4, -0.2) is 89.0 Å². The number of hydrogen-bond acceptors (Lipinski definition) is 10. The number of aliphatic hydroxyl groups excluding tert-OH is 4. The highest BCUT2D eigenvalue weighted by molar-refractivity contribution is 5.70. The Bertz CT molecular complexity index is 1080. The van der Waals surface area contributed by atoms with Crippen LogP contribution in [0.5, 0.6) is 0 Å². The van der Waals surface area contributed by atoms with Gasteiger partial charge in [0, 0.05) is 12.8 Å². The van der Waals surface area contributed by atoms with Gasteiger partial charge in [0.25, 0.3) is 0 Å². The van der Waals surface area contributed by atoms with E-state index in [2.05, 4.69) is 38.2 Å². The molecule has 0 radical (unpaired) electrons. The highest BCUT2D eigenvalue weighted by Crippen LogP contribution is 2.23. The second-order valence-corrected chi connectivity index (χ2v) is 18.3. The number of rotatable bonds is 45. The molecule has 0 bridgehead atoms. The lowest BCUT2D eigenvalue weighted by Crippen LogP contribution is -2.59. The number of allylic oxidation sites excluding steroid dienone is 4. The first-order valence-corrected chi connectivity index (χ1v) is 26.4. The average Bonchev–Trinajstić information content (AvgIpc) is 3.28. The van der Waals surface area contributed by atoms with Crippen LogP contribution in [0.25, 0.3) is 0 Å². The Balaban J connectivity index is 2.25. The molecule has 1 aliphatic rings. The van der Waals surface area contributed by atoms with E-state index >= 15 is 0 Å². The highest BCUT2D eigenvalue weighted by atomic mass is 16.7. The second-order valence-electron chi connectivity index (χ2n) is 18.3. The van der Waals surface area contributed by atoms with Crippen molar-refractivity contribution in [2.75, 3.05) is 19.8 Å². The molecule has 1 heterocycles. The van der Waals surface area contributed by atoms with E-state index in [0.717, 1.165) is 38.5 Å². The third-order valence-electron chi connectivity index (χ3n) is 12.3. The fraction of sp³-hybridized carbons (Fsp3) is 0.887. The summed E-state index contributed by atoms with van der Waals surface area (Å²) in [5, 5.41) is 40.2. The van der Waals surface area contributed by atoms with Gasteiger partial charge in [-0.05, 0) is 57.8 Å². The van der Waals surface area contributed by atoms with E-state index in [4.69, 9.17) is 18.9 Å². The number of aliphatic hydroxyl groups is 4. The lowest BCUT2D eigenvalue weighted by molar-refractivity contribution is -0.305. The van der Waals surface area contributed by atoms with Crippen LogP contribution >= 0.6 is 0 Å². The third kappa shape index (κ3) is 35.1. The first-order chi connectivity index (χ1) is 30.8. The van der Waals surface area contributed by atoms with Crippen LogP contribution in [0.4, 0.5) is 0 Å². The molecule has 0 aromatic carbocycles. The van der Waals surface area contributed by atoms with Gasteiger partial charge in [0.1, 0.15) is 31.0 Å². The van der Waals surface area contributed by atoms with Crippen molar-refractivity contribution >= 4 is 11.9 Å². The Hall–Kier alpha value is -1.82. The first kappa shape index (κ1) is 59.2. The van der Waals surface area contributed by atoms with Crippen molar-refractivity contribution in [3.05, 3.63) is 24.3 Å². The summed E-state index contributed by atoms with van der Waals surface area (Å²) in [5.41, 5.74) is 0. The van der Waals surface area contributed by atoms with Gasteiger partial charge >= 0.3 is 11.9 Å². The predicted molar refractivity (Wildman–Crippen MR) is 256 cm³/mol. The second kappa shape index (κ2) is 44.0. The zero-order chi connectivity index (χ0) is 45.9. The maximum Gasteiger partial charge on any atom is 0.306 e. The molecule has 0 aromatic heterocycles. The van der Waals surface area contributed by atoms with Crippen molar-refractivity contribution in [1.82, 2.24) is 0 Å². The van der Waals surface area contributed by atoms with E-state index in [9.17, 15) is 30.0 Å². The summed E-state index contributed by atoms with van der Waals surface area (Å²) in [6, 6.07) is 0. The van der Waals surface area contributed by atoms with E-state index in [1.54, 1.807) is 0 Å². The predicted octanol–water partition coefficient (Wildman–Crippen LogP) is 12.5. The molecule has 1 fully saturated rings. The molecule has 0 amide bonds. The van der Waals surface area contributed by atoms with Gasteiger partial charge in [-0.2, -0.15) is 0 Å². The van der Waals surface area contributed by atoms with Gasteiger partial charge < -0.3 is 39.4 Å². The topological polar surface area (TPSA) is 152 Å². The van der Waals surface area contributed by atoms with Crippen molar-refractivity contribution in [2.45, 2.75) is 282 Å². The number of esters is 2. The van der Waals surface area contributed by atoms with Crippen LogP contribution < -0.4 is 0 Å². The molecule has 2 unspecified atom stereocenters. The Kier molecular flexibility index (Phi) is 41.4. The summed E-state index contributed by atoms with van der Waals surface area (Å²) in [7, 11) is 0. The SMILES string of the molecule is CCCCCCCCCC/C=C/CCCCCC(=O)OC[C@H](CO[C@@H]1O[C@H](CO)[C@H](O)C(O)C1O)OC(=O)CCC/C=C/CCCCCCCCCCCCCCCCCCCC. The smallest absolute Gasteiger partial charge is 0.306 e. The average molecular weight is 895 g/mol. The van der Waals surface area contributed by atoms with Gasteiger partial charge in [-0.3, -0.25) is 9.59 Å². The molecular weight excluding hydrogens is 797 g/mol. The van der Waals surface area contributed by atoms with Gasteiger partial charge in [0.05, 0.1) is 13.2 Å². The molecular formula is C53H98O10. The Morgan fingerprint density at radius 1 is 0.476 bits per heavy atom. The summed E-state index contributed by atoms with van der Waals surface area (Å²) in [6.07, 6.45) is 43.5. The minimum absolute atomic E-state index is 0.182. The number of carbonyl (C=O) groups is 2. The normalized spacial score (nSPS) is 19.6. The van der Waals surface area contributed by atoms with Gasteiger partial charge in [0.15, 0.2) is 12.4 Å². The summed E-state index contributed by atoms with van der Waals surface area (Å²) in [5.74, 6) is -0.852.